The van der Waals surface area contributed by atoms with Crippen molar-refractivity contribution in [3.05, 3.63) is 71.8 Å². The van der Waals surface area contributed by atoms with E-state index >= 15 is 0 Å². The van der Waals surface area contributed by atoms with Crippen LogP contribution in [0.5, 0.6) is 0 Å². The summed E-state index contributed by atoms with van der Waals surface area (Å²) in [5.41, 5.74) is 2.18. The predicted molar refractivity (Wildman–Crippen MR) is 89.7 cm³/mol. The minimum atomic E-state index is -0.396. The van der Waals surface area contributed by atoms with Gasteiger partial charge in [0.2, 0.25) is 0 Å². The molecule has 3 rings (SSSR count). The fraction of sp³-hybridized carbons (Fsp3) is 0.400. The van der Waals surface area contributed by atoms with E-state index in [4.69, 9.17) is 14.2 Å². The molecule has 122 valence electrons. The smallest absolute Gasteiger partial charge is 0.187 e. The molecule has 2 aromatic rings. The zero-order valence-electron chi connectivity index (χ0n) is 13.7. The third kappa shape index (κ3) is 4.41. The molecule has 1 saturated heterocycles. The van der Waals surface area contributed by atoms with Gasteiger partial charge in [-0.1, -0.05) is 74.5 Å². The summed E-state index contributed by atoms with van der Waals surface area (Å²) in [6.45, 7) is 4.97. The highest BCUT2D eigenvalue weighted by Crippen LogP contribution is 2.37. The van der Waals surface area contributed by atoms with Crippen LogP contribution in [0, 0.1) is 5.92 Å². The van der Waals surface area contributed by atoms with E-state index in [1.807, 2.05) is 48.5 Å². The Kier molecular flexibility index (Phi) is 5.44. The molecule has 2 aromatic carbocycles. The van der Waals surface area contributed by atoms with Crippen LogP contribution in [-0.2, 0) is 14.2 Å². The number of benzene rings is 2. The van der Waals surface area contributed by atoms with Crippen LogP contribution in [-0.4, -0.2) is 12.9 Å². The topological polar surface area (TPSA) is 27.7 Å². The molecule has 1 fully saturated rings. The lowest BCUT2D eigenvalue weighted by Gasteiger charge is -2.36. The first kappa shape index (κ1) is 16.2. The van der Waals surface area contributed by atoms with E-state index in [2.05, 4.69) is 26.0 Å². The molecular formula is C20H24O3. The summed E-state index contributed by atoms with van der Waals surface area (Å²) in [6, 6.07) is 20.3. The molecule has 0 aliphatic carbocycles. The van der Waals surface area contributed by atoms with Gasteiger partial charge < -0.3 is 14.2 Å². The summed E-state index contributed by atoms with van der Waals surface area (Å²) in [4.78, 5) is 0. The van der Waals surface area contributed by atoms with Crippen LogP contribution in [0.1, 0.15) is 43.8 Å². The summed E-state index contributed by atoms with van der Waals surface area (Å²) < 4.78 is 18.2. The quantitative estimate of drug-likeness (QED) is 0.789. The average molecular weight is 312 g/mol. The highest BCUT2D eigenvalue weighted by molar-refractivity contribution is 5.20. The van der Waals surface area contributed by atoms with Crippen LogP contribution in [0.3, 0.4) is 0 Å². The lowest BCUT2D eigenvalue weighted by molar-refractivity contribution is -0.315. The fourth-order valence-electron chi connectivity index (χ4n) is 2.66. The third-order valence-electron chi connectivity index (χ3n) is 3.83. The Bertz CT molecular complexity index is 535. The summed E-state index contributed by atoms with van der Waals surface area (Å²) >= 11 is 0. The molecule has 0 amide bonds. The van der Waals surface area contributed by atoms with Crippen molar-refractivity contribution in [3.63, 3.8) is 0 Å². The van der Waals surface area contributed by atoms with Gasteiger partial charge in [-0.3, -0.25) is 0 Å². The zero-order valence-corrected chi connectivity index (χ0v) is 13.7. The van der Waals surface area contributed by atoms with Crippen molar-refractivity contribution in [3.8, 4) is 0 Å². The molecule has 0 N–H and O–H groups in total. The standard InChI is InChI=1S/C20H24O3/c1-15(2)14-21-19-13-18(16-9-5-3-6-10-16)22-20(23-19)17-11-7-4-8-12-17/h3-12,15,18-20H,13-14H2,1-2H3. The predicted octanol–water partition coefficient (Wildman–Crippen LogP) is 4.86. The van der Waals surface area contributed by atoms with Crippen LogP contribution in [0.2, 0.25) is 0 Å². The van der Waals surface area contributed by atoms with Crippen LogP contribution >= 0.6 is 0 Å². The van der Waals surface area contributed by atoms with E-state index in [1.165, 1.54) is 0 Å². The van der Waals surface area contributed by atoms with Gasteiger partial charge in [0.1, 0.15) is 0 Å². The van der Waals surface area contributed by atoms with Crippen LogP contribution < -0.4 is 0 Å². The monoisotopic (exact) mass is 312 g/mol. The average Bonchev–Trinajstić information content (AvgIpc) is 2.61. The Morgan fingerprint density at radius 3 is 2.13 bits per heavy atom. The van der Waals surface area contributed by atoms with Crippen molar-refractivity contribution in [1.82, 2.24) is 0 Å². The van der Waals surface area contributed by atoms with Crippen LogP contribution in [0.25, 0.3) is 0 Å². The molecule has 3 atom stereocenters. The minimum Gasteiger partial charge on any atom is -0.352 e. The van der Waals surface area contributed by atoms with Gasteiger partial charge in [0, 0.05) is 12.0 Å². The van der Waals surface area contributed by atoms with E-state index < -0.39 is 6.29 Å². The van der Waals surface area contributed by atoms with E-state index in [0.29, 0.717) is 18.9 Å². The lowest BCUT2D eigenvalue weighted by atomic mass is 10.0. The van der Waals surface area contributed by atoms with Gasteiger partial charge in [-0.2, -0.15) is 0 Å². The van der Waals surface area contributed by atoms with Gasteiger partial charge >= 0.3 is 0 Å². The van der Waals surface area contributed by atoms with Gasteiger partial charge in [-0.05, 0) is 11.5 Å². The van der Waals surface area contributed by atoms with Gasteiger partial charge in [-0.25, -0.2) is 0 Å². The van der Waals surface area contributed by atoms with E-state index in [9.17, 15) is 0 Å². The summed E-state index contributed by atoms with van der Waals surface area (Å²) in [5.74, 6) is 0.479. The van der Waals surface area contributed by atoms with E-state index in [0.717, 1.165) is 11.1 Å². The highest BCUT2D eigenvalue weighted by Gasteiger charge is 2.32. The SMILES string of the molecule is CC(C)COC1CC(c2ccccc2)OC(c2ccccc2)O1. The zero-order chi connectivity index (χ0) is 16.1. The Morgan fingerprint density at radius 2 is 1.52 bits per heavy atom. The molecule has 0 saturated carbocycles. The third-order valence-corrected chi connectivity index (χ3v) is 3.83. The van der Waals surface area contributed by atoms with Crippen molar-refractivity contribution < 1.29 is 14.2 Å². The van der Waals surface area contributed by atoms with Crippen molar-refractivity contribution >= 4 is 0 Å². The largest absolute Gasteiger partial charge is 0.352 e. The maximum Gasteiger partial charge on any atom is 0.187 e. The van der Waals surface area contributed by atoms with E-state index in [1.54, 1.807) is 0 Å². The first-order chi connectivity index (χ1) is 11.2. The molecule has 3 nitrogen and oxygen atoms in total. The number of ether oxygens (including phenoxy) is 3. The first-order valence-corrected chi connectivity index (χ1v) is 8.25. The van der Waals surface area contributed by atoms with Gasteiger partial charge in [0.05, 0.1) is 12.7 Å². The lowest BCUT2D eigenvalue weighted by Crippen LogP contribution is -2.32. The second-order valence-electron chi connectivity index (χ2n) is 6.31. The highest BCUT2D eigenvalue weighted by atomic mass is 16.8. The molecule has 1 aliphatic rings. The maximum absolute atomic E-state index is 6.19. The maximum atomic E-state index is 6.19. The normalized spacial score (nSPS) is 24.7. The first-order valence-electron chi connectivity index (χ1n) is 8.25. The second-order valence-corrected chi connectivity index (χ2v) is 6.31. The van der Waals surface area contributed by atoms with Crippen molar-refractivity contribution in [2.45, 2.75) is 39.0 Å². The Morgan fingerprint density at radius 1 is 0.913 bits per heavy atom. The van der Waals surface area contributed by atoms with E-state index in [-0.39, 0.29) is 12.4 Å². The fourth-order valence-corrected chi connectivity index (χ4v) is 2.66. The molecule has 0 spiro atoms. The molecule has 3 heteroatoms. The Balaban J connectivity index is 1.77. The van der Waals surface area contributed by atoms with Crippen LogP contribution in [0.4, 0.5) is 0 Å². The molecular weight excluding hydrogens is 288 g/mol. The Hall–Kier alpha value is -1.68. The summed E-state index contributed by atoms with van der Waals surface area (Å²) in [5, 5.41) is 0. The van der Waals surface area contributed by atoms with Gasteiger partial charge in [0.25, 0.3) is 0 Å². The second kappa shape index (κ2) is 7.73. The molecule has 23 heavy (non-hydrogen) atoms. The molecule has 1 heterocycles. The number of hydrogen-bond acceptors (Lipinski definition) is 3. The molecule has 3 unspecified atom stereocenters. The van der Waals surface area contributed by atoms with Gasteiger partial charge in [0.15, 0.2) is 12.6 Å². The van der Waals surface area contributed by atoms with Crippen LogP contribution in [0.15, 0.2) is 60.7 Å². The summed E-state index contributed by atoms with van der Waals surface area (Å²) in [7, 11) is 0. The number of hydrogen-bond donors (Lipinski definition) is 0. The molecule has 0 radical (unpaired) electrons. The molecule has 0 bridgehead atoms. The van der Waals surface area contributed by atoms with Crippen molar-refractivity contribution in [2.75, 3.05) is 6.61 Å². The molecule has 1 aliphatic heterocycles. The molecule has 0 aromatic heterocycles. The van der Waals surface area contributed by atoms with Crippen molar-refractivity contribution in [1.29, 1.82) is 0 Å². The Labute approximate surface area is 138 Å². The number of rotatable bonds is 5. The minimum absolute atomic E-state index is 0.0210. The van der Waals surface area contributed by atoms with Gasteiger partial charge in [-0.15, -0.1) is 0 Å². The van der Waals surface area contributed by atoms with Crippen molar-refractivity contribution in [2.24, 2.45) is 5.92 Å². The summed E-state index contributed by atoms with van der Waals surface area (Å²) in [6.07, 6.45) is 0.0428.